The van der Waals surface area contributed by atoms with Gasteiger partial charge in [0.2, 0.25) is 0 Å². The number of imidazole rings is 1. The average Bonchev–Trinajstić information content (AvgIpc) is 2.81. The Bertz CT molecular complexity index is 444. The summed E-state index contributed by atoms with van der Waals surface area (Å²) in [6, 6.07) is 11.4. The Morgan fingerprint density at radius 3 is 2.76 bits per heavy atom. The normalized spacial score (nSPS) is 23.3. The molecule has 0 spiro atoms. The van der Waals surface area contributed by atoms with E-state index in [4.69, 9.17) is 0 Å². The minimum absolute atomic E-state index is 0.644. The molecule has 2 aromatic rings. The number of nitrogens with one attached hydrogen (secondary N) is 2. The van der Waals surface area contributed by atoms with Gasteiger partial charge in [-0.25, -0.2) is 4.98 Å². The van der Waals surface area contributed by atoms with Crippen LogP contribution >= 0.6 is 0 Å². The van der Waals surface area contributed by atoms with E-state index < -0.39 is 0 Å². The molecule has 1 saturated carbocycles. The second-order valence-corrected chi connectivity index (χ2v) is 4.69. The Balaban J connectivity index is 1.46. The summed E-state index contributed by atoms with van der Waals surface area (Å²) in [7, 11) is 0. The fraction of sp³-hybridized carbons (Fsp3) is 0.357. The third kappa shape index (κ3) is 2.39. The summed E-state index contributed by atoms with van der Waals surface area (Å²) in [5.74, 6) is 1.76. The molecular weight excluding hydrogens is 210 g/mol. The molecule has 1 aromatic heterocycles. The van der Waals surface area contributed by atoms with Crippen LogP contribution in [0.3, 0.4) is 0 Å². The van der Waals surface area contributed by atoms with E-state index in [0.29, 0.717) is 6.04 Å². The lowest BCUT2D eigenvalue weighted by molar-refractivity contribution is 0.288. The Morgan fingerprint density at radius 2 is 2.06 bits per heavy atom. The van der Waals surface area contributed by atoms with Gasteiger partial charge in [-0.05, 0) is 24.3 Å². The molecule has 0 atom stereocenters. The van der Waals surface area contributed by atoms with Crippen LogP contribution in [0, 0.1) is 0 Å². The molecule has 3 heteroatoms. The Kier molecular flexibility index (Phi) is 2.92. The average molecular weight is 227 g/mol. The molecule has 1 heterocycles. The van der Waals surface area contributed by atoms with E-state index in [1.807, 2.05) is 6.20 Å². The summed E-state index contributed by atoms with van der Waals surface area (Å²) in [6.45, 7) is 0.846. The van der Waals surface area contributed by atoms with Gasteiger partial charge in [0.25, 0.3) is 0 Å². The van der Waals surface area contributed by atoms with Crippen LogP contribution in [-0.4, -0.2) is 16.0 Å². The Morgan fingerprint density at radius 1 is 1.24 bits per heavy atom. The van der Waals surface area contributed by atoms with Gasteiger partial charge >= 0.3 is 0 Å². The molecule has 1 aliphatic rings. The molecule has 3 nitrogen and oxygen atoms in total. The topological polar surface area (TPSA) is 40.7 Å². The van der Waals surface area contributed by atoms with Gasteiger partial charge in [0, 0.05) is 18.4 Å². The molecule has 0 radical (unpaired) electrons. The van der Waals surface area contributed by atoms with Crippen LogP contribution < -0.4 is 5.32 Å². The van der Waals surface area contributed by atoms with Crippen LogP contribution in [0.1, 0.15) is 30.1 Å². The summed E-state index contributed by atoms with van der Waals surface area (Å²) >= 11 is 0. The highest BCUT2D eigenvalue weighted by Crippen LogP contribution is 2.36. The van der Waals surface area contributed by atoms with Crippen LogP contribution in [0.15, 0.2) is 42.7 Å². The molecule has 1 fully saturated rings. The van der Waals surface area contributed by atoms with Crippen molar-refractivity contribution < 1.29 is 0 Å². The molecule has 17 heavy (non-hydrogen) atoms. The highest BCUT2D eigenvalue weighted by molar-refractivity contribution is 5.22. The third-order valence-corrected chi connectivity index (χ3v) is 3.52. The zero-order valence-electron chi connectivity index (χ0n) is 9.76. The molecule has 1 aromatic carbocycles. The van der Waals surface area contributed by atoms with Gasteiger partial charge in [-0.2, -0.15) is 0 Å². The van der Waals surface area contributed by atoms with Crippen LogP contribution in [0.5, 0.6) is 0 Å². The molecule has 2 N–H and O–H groups in total. The molecule has 0 saturated heterocycles. The number of nitrogens with zero attached hydrogens (tertiary/aromatic N) is 1. The maximum Gasteiger partial charge on any atom is 0.120 e. The maximum absolute atomic E-state index is 4.21. The van der Waals surface area contributed by atoms with E-state index in [1.54, 1.807) is 6.20 Å². The first-order chi connectivity index (χ1) is 8.42. The number of hydrogen-bond donors (Lipinski definition) is 2. The summed E-state index contributed by atoms with van der Waals surface area (Å²) < 4.78 is 0. The van der Waals surface area contributed by atoms with E-state index in [9.17, 15) is 0 Å². The number of rotatable bonds is 4. The van der Waals surface area contributed by atoms with Crippen molar-refractivity contribution in [2.45, 2.75) is 31.3 Å². The first kappa shape index (κ1) is 10.5. The van der Waals surface area contributed by atoms with Gasteiger partial charge in [-0.1, -0.05) is 30.3 Å². The van der Waals surface area contributed by atoms with Crippen molar-refractivity contribution in [1.29, 1.82) is 0 Å². The quantitative estimate of drug-likeness (QED) is 0.842. The molecule has 0 aliphatic heterocycles. The first-order valence-electron chi connectivity index (χ1n) is 6.18. The molecule has 0 unspecified atom stereocenters. The van der Waals surface area contributed by atoms with Crippen LogP contribution in [0.25, 0.3) is 0 Å². The maximum atomic E-state index is 4.21. The van der Waals surface area contributed by atoms with E-state index in [1.165, 1.54) is 18.4 Å². The third-order valence-electron chi connectivity index (χ3n) is 3.52. The van der Waals surface area contributed by atoms with Crippen LogP contribution in [0.2, 0.25) is 0 Å². The van der Waals surface area contributed by atoms with Gasteiger partial charge < -0.3 is 10.3 Å². The number of aromatic nitrogens is 2. The minimum atomic E-state index is 0.644. The van der Waals surface area contributed by atoms with Crippen molar-refractivity contribution in [2.24, 2.45) is 0 Å². The van der Waals surface area contributed by atoms with Crippen molar-refractivity contribution >= 4 is 0 Å². The van der Waals surface area contributed by atoms with E-state index in [0.717, 1.165) is 18.3 Å². The minimum Gasteiger partial charge on any atom is -0.348 e. The smallest absolute Gasteiger partial charge is 0.120 e. The summed E-state index contributed by atoms with van der Waals surface area (Å²) in [4.78, 5) is 7.32. The zero-order valence-corrected chi connectivity index (χ0v) is 9.76. The Labute approximate surface area is 101 Å². The van der Waals surface area contributed by atoms with E-state index in [-0.39, 0.29) is 0 Å². The van der Waals surface area contributed by atoms with Crippen LogP contribution in [0.4, 0.5) is 0 Å². The number of aromatic amines is 1. The Hall–Kier alpha value is -1.61. The molecule has 3 rings (SSSR count). The predicted octanol–water partition coefficient (Wildman–Crippen LogP) is 2.45. The second kappa shape index (κ2) is 4.72. The molecule has 0 bridgehead atoms. The lowest BCUT2D eigenvalue weighted by Gasteiger charge is -2.36. The van der Waals surface area contributed by atoms with Gasteiger partial charge in [0.1, 0.15) is 5.82 Å². The summed E-state index contributed by atoms with van der Waals surface area (Å²) in [5, 5.41) is 3.53. The van der Waals surface area contributed by atoms with Crippen molar-refractivity contribution in [3.8, 4) is 0 Å². The van der Waals surface area contributed by atoms with Crippen molar-refractivity contribution in [2.75, 3.05) is 0 Å². The van der Waals surface area contributed by atoms with Crippen LogP contribution in [-0.2, 0) is 6.54 Å². The largest absolute Gasteiger partial charge is 0.348 e. The number of hydrogen-bond acceptors (Lipinski definition) is 2. The van der Waals surface area contributed by atoms with E-state index in [2.05, 4.69) is 45.6 Å². The lowest BCUT2D eigenvalue weighted by Crippen LogP contribution is -2.39. The summed E-state index contributed by atoms with van der Waals surface area (Å²) in [6.07, 6.45) is 6.14. The fourth-order valence-corrected chi connectivity index (χ4v) is 2.42. The standard InChI is InChI=1S/C14H17N3/c1-2-4-11(5-3-1)12-8-13(9-12)17-10-14-15-6-7-16-14/h1-7,12-13,17H,8-10H2,(H,15,16). The van der Waals surface area contributed by atoms with Gasteiger partial charge in [-0.15, -0.1) is 0 Å². The zero-order chi connectivity index (χ0) is 11.5. The van der Waals surface area contributed by atoms with Gasteiger partial charge in [-0.3, -0.25) is 0 Å². The fourth-order valence-electron chi connectivity index (χ4n) is 2.42. The molecule has 88 valence electrons. The lowest BCUT2D eigenvalue weighted by atomic mass is 9.76. The predicted molar refractivity (Wildman–Crippen MR) is 67.6 cm³/mol. The summed E-state index contributed by atoms with van der Waals surface area (Å²) in [5.41, 5.74) is 1.48. The SMILES string of the molecule is c1ccc(C2CC(NCc3ncc[nH]3)C2)cc1. The van der Waals surface area contributed by atoms with Gasteiger partial charge in [0.15, 0.2) is 0 Å². The van der Waals surface area contributed by atoms with E-state index >= 15 is 0 Å². The first-order valence-corrected chi connectivity index (χ1v) is 6.18. The molecular formula is C14H17N3. The second-order valence-electron chi connectivity index (χ2n) is 4.69. The monoisotopic (exact) mass is 227 g/mol. The van der Waals surface area contributed by atoms with Gasteiger partial charge in [0.05, 0.1) is 6.54 Å². The highest BCUT2D eigenvalue weighted by Gasteiger charge is 2.29. The molecule has 1 aliphatic carbocycles. The molecule has 0 amide bonds. The van der Waals surface area contributed by atoms with Crippen molar-refractivity contribution in [3.05, 3.63) is 54.1 Å². The number of H-pyrrole nitrogens is 1. The van der Waals surface area contributed by atoms with Crippen molar-refractivity contribution in [1.82, 2.24) is 15.3 Å². The number of benzene rings is 1. The van der Waals surface area contributed by atoms with Crippen molar-refractivity contribution in [3.63, 3.8) is 0 Å². The highest BCUT2D eigenvalue weighted by atomic mass is 15.0.